The molecule has 2 rings (SSSR count). The largest absolute Gasteiger partial charge is 0.415 e. The molecule has 9 heteroatoms. The molecule has 1 heterocycles. The summed E-state index contributed by atoms with van der Waals surface area (Å²) < 4.78 is 13.6. The molecule has 0 aliphatic heterocycles. The van der Waals surface area contributed by atoms with Crippen molar-refractivity contribution in [1.29, 1.82) is 0 Å². The highest BCUT2D eigenvalue weighted by Gasteiger charge is 2.46. The molecule has 2 aromatic rings. The molecule has 0 amide bonds. The number of hydrogen-bond donors (Lipinski definition) is 1. The van der Waals surface area contributed by atoms with Crippen molar-refractivity contribution in [3.8, 4) is 0 Å². The minimum Gasteiger partial charge on any atom is -0.415 e. The lowest BCUT2D eigenvalue weighted by molar-refractivity contribution is -0.384. The molecule has 0 bridgehead atoms. The Balaban J connectivity index is 2.59. The van der Waals surface area contributed by atoms with Crippen LogP contribution in [-0.2, 0) is 8.85 Å². The van der Waals surface area contributed by atoms with Gasteiger partial charge in [-0.1, -0.05) is 59.7 Å². The van der Waals surface area contributed by atoms with Crippen molar-refractivity contribution in [2.24, 2.45) is 0 Å². The lowest BCUT2D eigenvalue weighted by atomic mass is 9.99. The quantitative estimate of drug-likeness (QED) is 0.207. The van der Waals surface area contributed by atoms with E-state index in [2.05, 4.69) is 91.9 Å². The Morgan fingerprint density at radius 1 is 0.971 bits per heavy atom. The molecule has 0 aliphatic carbocycles. The summed E-state index contributed by atoms with van der Waals surface area (Å²) in [7, 11) is -4.23. The second-order valence-electron chi connectivity index (χ2n) is 13.0. The Morgan fingerprint density at radius 2 is 1.51 bits per heavy atom. The number of nitrogens with zero attached hydrogens (tertiary/aromatic N) is 2. The van der Waals surface area contributed by atoms with E-state index >= 15 is 0 Å². The standard InChI is InChI=1S/C26H45N3O4Si2/c1-24(2,3)34(9,10)32-18-22(26(7,8)33-35(11,12)25(4,5)6)28-23-19-15-13-14-16-20(19)27-17-21(23)29(30)31/h13-17,22H,18H2,1-12H3,(H,27,28). The van der Waals surface area contributed by atoms with Gasteiger partial charge in [-0.05, 0) is 56.2 Å². The topological polar surface area (TPSA) is 86.5 Å². The van der Waals surface area contributed by atoms with Gasteiger partial charge in [0.25, 0.3) is 0 Å². The van der Waals surface area contributed by atoms with Crippen LogP contribution in [0.25, 0.3) is 10.9 Å². The van der Waals surface area contributed by atoms with Gasteiger partial charge < -0.3 is 14.2 Å². The van der Waals surface area contributed by atoms with Crippen LogP contribution in [0.4, 0.5) is 11.4 Å². The Bertz CT molecular complexity index is 1060. The number of hydrogen-bond acceptors (Lipinski definition) is 6. The monoisotopic (exact) mass is 519 g/mol. The molecule has 1 aromatic heterocycles. The molecule has 0 aliphatic rings. The third kappa shape index (κ3) is 6.69. The second kappa shape index (κ2) is 9.91. The van der Waals surface area contributed by atoms with Crippen LogP contribution in [-0.4, -0.2) is 44.8 Å². The summed E-state index contributed by atoms with van der Waals surface area (Å²) in [4.78, 5) is 15.9. The molecule has 0 saturated heterocycles. The first-order valence-corrected chi connectivity index (χ1v) is 18.1. The highest BCUT2D eigenvalue weighted by Crippen LogP contribution is 2.42. The van der Waals surface area contributed by atoms with Crippen molar-refractivity contribution in [2.75, 3.05) is 11.9 Å². The van der Waals surface area contributed by atoms with Crippen LogP contribution in [0.1, 0.15) is 55.4 Å². The minimum absolute atomic E-state index is 0.0183. The van der Waals surface area contributed by atoms with Crippen molar-refractivity contribution >= 4 is 38.9 Å². The first-order valence-electron chi connectivity index (χ1n) is 12.3. The molecule has 0 fully saturated rings. The molecular formula is C26H45N3O4Si2. The Morgan fingerprint density at radius 3 is 2.03 bits per heavy atom. The maximum Gasteiger partial charge on any atom is 0.311 e. The Kier molecular flexibility index (Phi) is 8.33. The lowest BCUT2D eigenvalue weighted by Gasteiger charge is -2.47. The van der Waals surface area contributed by atoms with Crippen molar-refractivity contribution in [3.05, 3.63) is 40.6 Å². The van der Waals surface area contributed by atoms with Crippen molar-refractivity contribution < 1.29 is 13.8 Å². The first-order chi connectivity index (χ1) is 15.7. The molecule has 1 aromatic carbocycles. The molecule has 196 valence electrons. The highest BCUT2D eigenvalue weighted by atomic mass is 28.4. The summed E-state index contributed by atoms with van der Waals surface area (Å²) in [6.07, 6.45) is 1.33. The van der Waals surface area contributed by atoms with E-state index in [9.17, 15) is 10.1 Å². The Hall–Kier alpha value is -1.82. The fourth-order valence-corrected chi connectivity index (χ4v) is 6.18. The van der Waals surface area contributed by atoms with Gasteiger partial charge in [-0.15, -0.1) is 0 Å². The van der Waals surface area contributed by atoms with E-state index in [0.29, 0.717) is 23.2 Å². The van der Waals surface area contributed by atoms with Crippen LogP contribution < -0.4 is 5.32 Å². The zero-order chi connectivity index (χ0) is 27.0. The molecule has 0 radical (unpaired) electrons. The Labute approximate surface area is 213 Å². The molecule has 0 saturated carbocycles. The molecule has 35 heavy (non-hydrogen) atoms. The average molecular weight is 520 g/mol. The normalized spacial score (nSPS) is 14.7. The smallest absolute Gasteiger partial charge is 0.311 e. The van der Waals surface area contributed by atoms with Crippen LogP contribution in [0.2, 0.25) is 36.3 Å². The number of benzene rings is 1. The van der Waals surface area contributed by atoms with Gasteiger partial charge in [0.1, 0.15) is 11.9 Å². The van der Waals surface area contributed by atoms with Crippen LogP contribution in [0.15, 0.2) is 30.5 Å². The number of pyridine rings is 1. The number of para-hydroxylation sites is 1. The summed E-state index contributed by atoms with van der Waals surface area (Å²) in [6.45, 7) is 26.7. The predicted molar refractivity (Wildman–Crippen MR) is 151 cm³/mol. The minimum atomic E-state index is -2.15. The van der Waals surface area contributed by atoms with Gasteiger partial charge in [0.15, 0.2) is 16.6 Å². The molecule has 1 atom stereocenters. The molecule has 0 spiro atoms. The third-order valence-corrected chi connectivity index (χ3v) is 17.0. The van der Waals surface area contributed by atoms with E-state index in [4.69, 9.17) is 8.85 Å². The molecule has 1 unspecified atom stereocenters. The zero-order valence-corrected chi connectivity index (χ0v) is 25.7. The summed E-state index contributed by atoms with van der Waals surface area (Å²) in [6, 6.07) is 7.16. The number of rotatable bonds is 9. The summed E-state index contributed by atoms with van der Waals surface area (Å²) in [5.74, 6) is 0. The maximum atomic E-state index is 12.0. The molecular weight excluding hydrogens is 474 g/mol. The van der Waals surface area contributed by atoms with Crippen molar-refractivity contribution in [3.63, 3.8) is 0 Å². The van der Waals surface area contributed by atoms with Crippen LogP contribution in [0.5, 0.6) is 0 Å². The number of aromatic nitrogens is 1. The van der Waals surface area contributed by atoms with E-state index in [1.54, 1.807) is 0 Å². The molecule has 7 nitrogen and oxygen atoms in total. The van der Waals surface area contributed by atoms with Crippen molar-refractivity contribution in [1.82, 2.24) is 4.98 Å². The fraction of sp³-hybridized carbons (Fsp3) is 0.654. The number of fused-ring (bicyclic) bond motifs is 1. The SMILES string of the molecule is CC(C)(O[Si](C)(C)C(C)(C)C)C(CO[Si](C)(C)C(C)(C)C)Nc1c([N+](=O)[O-])cnc2ccccc12. The summed E-state index contributed by atoms with van der Waals surface area (Å²) >= 11 is 0. The van der Waals surface area contributed by atoms with Crippen LogP contribution in [0.3, 0.4) is 0 Å². The zero-order valence-electron chi connectivity index (χ0n) is 23.7. The van der Waals surface area contributed by atoms with Gasteiger partial charge in [0.05, 0.1) is 28.7 Å². The fourth-order valence-electron chi connectivity index (χ4n) is 3.40. The van der Waals surface area contributed by atoms with E-state index in [0.717, 1.165) is 0 Å². The van der Waals surface area contributed by atoms with Gasteiger partial charge in [0, 0.05) is 5.39 Å². The van der Waals surface area contributed by atoms with Crippen molar-refractivity contribution in [2.45, 2.75) is 103 Å². The van der Waals surface area contributed by atoms with Crippen LogP contribution in [0, 0.1) is 10.1 Å². The number of nitrogens with one attached hydrogen (secondary N) is 1. The maximum absolute atomic E-state index is 12.0. The van der Waals surface area contributed by atoms with E-state index in [1.807, 2.05) is 24.3 Å². The van der Waals surface area contributed by atoms with E-state index < -0.39 is 22.2 Å². The summed E-state index contributed by atoms with van der Waals surface area (Å²) in [5.41, 5.74) is 0.456. The first kappa shape index (κ1) is 29.4. The number of nitro groups is 1. The predicted octanol–water partition coefficient (Wildman–Crippen LogP) is 7.75. The second-order valence-corrected chi connectivity index (χ2v) is 22.6. The summed E-state index contributed by atoms with van der Waals surface area (Å²) in [5, 5.41) is 16.3. The van der Waals surface area contributed by atoms with E-state index in [-0.39, 0.29) is 26.7 Å². The van der Waals surface area contributed by atoms with Gasteiger partial charge >= 0.3 is 5.69 Å². The average Bonchev–Trinajstić information content (AvgIpc) is 2.68. The number of anilines is 1. The molecule has 1 N–H and O–H groups in total. The van der Waals surface area contributed by atoms with Gasteiger partial charge in [0.2, 0.25) is 0 Å². The third-order valence-electron chi connectivity index (χ3n) is 7.85. The highest BCUT2D eigenvalue weighted by molar-refractivity contribution is 6.74. The van der Waals surface area contributed by atoms with E-state index in [1.165, 1.54) is 6.20 Å². The van der Waals surface area contributed by atoms with Gasteiger partial charge in [-0.2, -0.15) is 0 Å². The van der Waals surface area contributed by atoms with Crippen LogP contribution >= 0.6 is 0 Å². The van der Waals surface area contributed by atoms with Gasteiger partial charge in [-0.25, -0.2) is 4.98 Å². The van der Waals surface area contributed by atoms with Gasteiger partial charge in [-0.3, -0.25) is 10.1 Å². The lowest BCUT2D eigenvalue weighted by Crippen LogP contribution is -2.57.